The molecule has 1 amide bonds. The van der Waals surface area contributed by atoms with Gasteiger partial charge >= 0.3 is 0 Å². The fourth-order valence-electron chi connectivity index (χ4n) is 3.88. The second kappa shape index (κ2) is 5.29. The molecule has 0 bridgehead atoms. The molecule has 4 heteroatoms. The van der Waals surface area contributed by atoms with Gasteiger partial charge in [0.2, 0.25) is 5.91 Å². The van der Waals surface area contributed by atoms with Crippen LogP contribution in [0.15, 0.2) is 30.5 Å². The standard InChI is InChI=1S/C19H19N3O/c1-3-7-20-19(23)13-8-15-14-5-4-6-16-18(14)12(10-21-16)9-17(15)22(2)11-13/h1,4-6,8,10,13,17,21H,7,9,11H2,2H3,(H,20,23)/t13?,17-/m1/s1. The van der Waals surface area contributed by atoms with E-state index >= 15 is 0 Å². The van der Waals surface area contributed by atoms with Crippen molar-refractivity contribution in [3.63, 3.8) is 0 Å². The van der Waals surface area contributed by atoms with Crippen molar-refractivity contribution in [3.8, 4) is 12.3 Å². The van der Waals surface area contributed by atoms with Crippen LogP contribution in [-0.2, 0) is 11.2 Å². The van der Waals surface area contributed by atoms with Gasteiger partial charge in [-0.15, -0.1) is 6.42 Å². The van der Waals surface area contributed by atoms with Crippen LogP contribution < -0.4 is 5.32 Å². The molecule has 2 N–H and O–H groups in total. The van der Waals surface area contributed by atoms with Gasteiger partial charge in [0.15, 0.2) is 0 Å². The summed E-state index contributed by atoms with van der Waals surface area (Å²) in [6.07, 6.45) is 10.5. The van der Waals surface area contributed by atoms with Gasteiger partial charge in [0, 0.05) is 29.7 Å². The number of rotatable bonds is 2. The first kappa shape index (κ1) is 14.1. The number of likely N-dealkylation sites (N-methyl/N-ethyl adjacent to an activating group) is 1. The van der Waals surface area contributed by atoms with Crippen LogP contribution in [0, 0.1) is 18.3 Å². The fraction of sp³-hybridized carbons (Fsp3) is 0.316. The number of fused-ring (bicyclic) bond motifs is 2. The quantitative estimate of drug-likeness (QED) is 0.831. The minimum atomic E-state index is -0.157. The third-order valence-corrected chi connectivity index (χ3v) is 4.97. The van der Waals surface area contributed by atoms with Crippen molar-refractivity contribution in [1.82, 2.24) is 15.2 Å². The van der Waals surface area contributed by atoms with Crippen molar-refractivity contribution >= 4 is 22.4 Å². The number of carbonyl (C=O) groups excluding carboxylic acids is 1. The maximum atomic E-state index is 12.3. The van der Waals surface area contributed by atoms with E-state index in [9.17, 15) is 4.79 Å². The zero-order chi connectivity index (χ0) is 16.0. The smallest absolute Gasteiger partial charge is 0.228 e. The molecule has 2 aromatic rings. The molecule has 0 radical (unpaired) electrons. The Labute approximate surface area is 135 Å². The van der Waals surface area contributed by atoms with Crippen molar-refractivity contribution in [1.29, 1.82) is 0 Å². The highest BCUT2D eigenvalue weighted by Crippen LogP contribution is 2.40. The molecule has 1 aromatic heterocycles. The van der Waals surface area contributed by atoms with Crippen LogP contribution in [0.25, 0.3) is 16.5 Å². The molecule has 0 spiro atoms. The average molecular weight is 305 g/mol. The summed E-state index contributed by atoms with van der Waals surface area (Å²) in [4.78, 5) is 18.0. The second-order valence-corrected chi connectivity index (χ2v) is 6.35. The normalized spacial score (nSPS) is 23.0. The minimum absolute atomic E-state index is 0.00721. The lowest BCUT2D eigenvalue weighted by Crippen LogP contribution is -2.46. The first-order valence-corrected chi connectivity index (χ1v) is 7.91. The van der Waals surface area contributed by atoms with Gasteiger partial charge in [-0.3, -0.25) is 9.69 Å². The Morgan fingerprint density at radius 2 is 2.39 bits per heavy atom. The summed E-state index contributed by atoms with van der Waals surface area (Å²) in [5.41, 5.74) is 5.03. The Hall–Kier alpha value is -2.51. The Morgan fingerprint density at radius 3 is 3.22 bits per heavy atom. The van der Waals surface area contributed by atoms with Crippen molar-refractivity contribution in [3.05, 3.63) is 41.6 Å². The van der Waals surface area contributed by atoms with Crippen LogP contribution in [0.1, 0.15) is 11.1 Å². The summed E-state index contributed by atoms with van der Waals surface area (Å²) in [5, 5.41) is 4.10. The lowest BCUT2D eigenvalue weighted by Gasteiger charge is -2.39. The van der Waals surface area contributed by atoms with Crippen LogP contribution in [-0.4, -0.2) is 42.0 Å². The van der Waals surface area contributed by atoms with Crippen LogP contribution in [0.2, 0.25) is 0 Å². The third kappa shape index (κ3) is 2.16. The number of aromatic amines is 1. The predicted molar refractivity (Wildman–Crippen MR) is 91.7 cm³/mol. The number of terminal acetylenes is 1. The number of benzene rings is 1. The van der Waals surface area contributed by atoms with Crippen molar-refractivity contribution in [2.45, 2.75) is 12.5 Å². The molecule has 4 nitrogen and oxygen atoms in total. The fourth-order valence-corrected chi connectivity index (χ4v) is 3.88. The summed E-state index contributed by atoms with van der Waals surface area (Å²) in [6, 6.07) is 6.67. The number of amides is 1. The van der Waals surface area contributed by atoms with Gasteiger partial charge in [0.25, 0.3) is 0 Å². The van der Waals surface area contributed by atoms with E-state index < -0.39 is 0 Å². The summed E-state index contributed by atoms with van der Waals surface area (Å²) >= 11 is 0. The van der Waals surface area contributed by atoms with Gasteiger partial charge in [0.1, 0.15) is 0 Å². The molecule has 2 atom stereocenters. The molecule has 0 saturated carbocycles. The predicted octanol–water partition coefficient (Wildman–Crippen LogP) is 1.79. The van der Waals surface area contributed by atoms with Crippen molar-refractivity contribution < 1.29 is 4.79 Å². The molecule has 116 valence electrons. The largest absolute Gasteiger partial charge is 0.361 e. The molecule has 23 heavy (non-hydrogen) atoms. The molecular formula is C19H19N3O. The van der Waals surface area contributed by atoms with Gasteiger partial charge < -0.3 is 10.3 Å². The highest BCUT2D eigenvalue weighted by atomic mass is 16.1. The van der Waals surface area contributed by atoms with Crippen LogP contribution >= 0.6 is 0 Å². The van der Waals surface area contributed by atoms with Crippen LogP contribution in [0.4, 0.5) is 0 Å². The van der Waals surface area contributed by atoms with E-state index in [-0.39, 0.29) is 18.4 Å². The van der Waals surface area contributed by atoms with Crippen LogP contribution in [0.3, 0.4) is 0 Å². The summed E-state index contributed by atoms with van der Waals surface area (Å²) in [5.74, 6) is 2.31. The SMILES string of the molecule is C#CCNC(=O)C1C=C2c3cccc4[nH]cc(c34)C[C@H]2N(C)C1. The van der Waals surface area contributed by atoms with E-state index in [1.807, 2.05) is 0 Å². The van der Waals surface area contributed by atoms with Crippen molar-refractivity contribution in [2.75, 3.05) is 20.1 Å². The van der Waals surface area contributed by atoms with E-state index in [0.29, 0.717) is 6.04 Å². The number of H-pyrrole nitrogens is 1. The van der Waals surface area contributed by atoms with E-state index in [1.54, 1.807) is 0 Å². The molecule has 1 aliphatic carbocycles. The monoisotopic (exact) mass is 305 g/mol. The maximum absolute atomic E-state index is 12.3. The second-order valence-electron chi connectivity index (χ2n) is 6.35. The van der Waals surface area contributed by atoms with E-state index in [2.05, 4.69) is 58.6 Å². The van der Waals surface area contributed by atoms with E-state index in [1.165, 1.54) is 27.6 Å². The molecule has 1 aromatic carbocycles. The summed E-state index contributed by atoms with van der Waals surface area (Å²) in [6.45, 7) is 1.00. The summed E-state index contributed by atoms with van der Waals surface area (Å²) < 4.78 is 0. The Kier molecular flexibility index (Phi) is 3.24. The summed E-state index contributed by atoms with van der Waals surface area (Å²) in [7, 11) is 2.09. The number of aromatic nitrogens is 1. The molecule has 1 unspecified atom stereocenters. The minimum Gasteiger partial charge on any atom is -0.361 e. The Bertz CT molecular complexity index is 855. The van der Waals surface area contributed by atoms with Crippen LogP contribution in [0.5, 0.6) is 0 Å². The molecule has 4 rings (SSSR count). The molecular weight excluding hydrogens is 286 g/mol. The first-order chi connectivity index (χ1) is 11.2. The van der Waals surface area contributed by atoms with Crippen molar-refractivity contribution in [2.24, 2.45) is 5.92 Å². The molecule has 2 heterocycles. The van der Waals surface area contributed by atoms with Gasteiger partial charge in [0.05, 0.1) is 12.5 Å². The number of hydrogen-bond acceptors (Lipinski definition) is 2. The highest BCUT2D eigenvalue weighted by molar-refractivity contribution is 5.99. The van der Waals surface area contributed by atoms with E-state index in [0.717, 1.165) is 13.0 Å². The number of carbonyl (C=O) groups is 1. The molecule has 2 aliphatic rings. The average Bonchev–Trinajstić information content (AvgIpc) is 2.98. The van der Waals surface area contributed by atoms with Gasteiger partial charge in [-0.2, -0.15) is 0 Å². The van der Waals surface area contributed by atoms with Gasteiger partial charge in [-0.1, -0.05) is 24.1 Å². The molecule has 1 aliphatic heterocycles. The zero-order valence-electron chi connectivity index (χ0n) is 13.1. The topological polar surface area (TPSA) is 48.1 Å². The lowest BCUT2D eigenvalue weighted by molar-refractivity contribution is -0.124. The van der Waals surface area contributed by atoms with Gasteiger partial charge in [-0.25, -0.2) is 0 Å². The molecule has 0 saturated heterocycles. The number of hydrogen-bond donors (Lipinski definition) is 2. The molecule has 0 fully saturated rings. The number of nitrogens with one attached hydrogen (secondary N) is 2. The maximum Gasteiger partial charge on any atom is 0.228 e. The third-order valence-electron chi connectivity index (χ3n) is 4.97. The zero-order valence-corrected chi connectivity index (χ0v) is 13.1. The Morgan fingerprint density at radius 1 is 1.52 bits per heavy atom. The first-order valence-electron chi connectivity index (χ1n) is 7.91. The lowest BCUT2D eigenvalue weighted by atomic mass is 9.80. The van der Waals surface area contributed by atoms with Gasteiger partial charge in [-0.05, 0) is 36.2 Å². The van der Waals surface area contributed by atoms with E-state index in [4.69, 9.17) is 6.42 Å². The number of nitrogens with zero attached hydrogens (tertiary/aromatic N) is 1. The highest BCUT2D eigenvalue weighted by Gasteiger charge is 2.35. The Balaban J connectivity index is 1.79.